The van der Waals surface area contributed by atoms with Crippen LogP contribution in [-0.2, 0) is 17.9 Å². The number of nitrogens with one attached hydrogen (secondary N) is 2. The summed E-state index contributed by atoms with van der Waals surface area (Å²) in [6.07, 6.45) is 3.70. The van der Waals surface area contributed by atoms with Gasteiger partial charge in [0.1, 0.15) is 24.0 Å². The lowest BCUT2D eigenvalue weighted by Gasteiger charge is -2.31. The summed E-state index contributed by atoms with van der Waals surface area (Å²) in [5, 5.41) is 11.3. The highest BCUT2D eigenvalue weighted by Crippen LogP contribution is 2.33. The summed E-state index contributed by atoms with van der Waals surface area (Å²) < 4.78 is 18.7. The van der Waals surface area contributed by atoms with Crippen LogP contribution in [0.3, 0.4) is 0 Å². The molecule has 1 aliphatic rings. The van der Waals surface area contributed by atoms with Crippen molar-refractivity contribution < 1.29 is 18.7 Å². The first-order valence-corrected chi connectivity index (χ1v) is 10.3. The minimum atomic E-state index is -0.723. The van der Waals surface area contributed by atoms with Crippen molar-refractivity contribution in [2.45, 2.75) is 32.2 Å². The molecule has 2 atom stereocenters. The Bertz CT molecular complexity index is 1220. The summed E-state index contributed by atoms with van der Waals surface area (Å²) in [5.41, 5.74) is 0.677. The van der Waals surface area contributed by atoms with Crippen LogP contribution in [0, 0.1) is 0 Å². The Morgan fingerprint density at radius 3 is 2.78 bits per heavy atom. The van der Waals surface area contributed by atoms with Crippen molar-refractivity contribution in [2.24, 2.45) is 0 Å². The maximum absolute atomic E-state index is 12.7. The fraction of sp³-hybridized carbons (Fsp3) is 0.273. The number of benzene rings is 1. The van der Waals surface area contributed by atoms with Gasteiger partial charge in [-0.3, -0.25) is 4.79 Å². The van der Waals surface area contributed by atoms with Crippen LogP contribution in [0.1, 0.15) is 12.7 Å². The lowest BCUT2D eigenvalue weighted by molar-refractivity contribution is -0.133. The van der Waals surface area contributed by atoms with Crippen LogP contribution in [0.4, 0.5) is 5.82 Å². The highest BCUT2D eigenvalue weighted by Gasteiger charge is 2.33. The van der Waals surface area contributed by atoms with Gasteiger partial charge in [0.15, 0.2) is 17.1 Å². The normalized spacial score (nSPS) is 17.3. The molecule has 164 valence electrons. The second-order valence-corrected chi connectivity index (χ2v) is 7.36. The quantitative estimate of drug-likeness (QED) is 0.455. The molecule has 4 heterocycles. The number of carbonyl (C=O) groups is 1. The van der Waals surface area contributed by atoms with E-state index in [0.29, 0.717) is 42.6 Å². The summed E-state index contributed by atoms with van der Waals surface area (Å²) in [7, 11) is 0. The topological polar surface area (TPSA) is 116 Å². The molecule has 1 aliphatic heterocycles. The van der Waals surface area contributed by atoms with E-state index < -0.39 is 12.2 Å². The van der Waals surface area contributed by atoms with Gasteiger partial charge in [-0.2, -0.15) is 5.10 Å². The minimum absolute atomic E-state index is 0.237. The lowest BCUT2D eigenvalue weighted by Crippen LogP contribution is -2.49. The SMILES string of the molecule is CC1Oc2ccccc2OC1C(=O)NCCn1ncc2c(NCc3ccco3)ncnc21. The van der Waals surface area contributed by atoms with E-state index in [4.69, 9.17) is 13.9 Å². The van der Waals surface area contributed by atoms with Crippen LogP contribution in [-0.4, -0.2) is 44.4 Å². The van der Waals surface area contributed by atoms with Gasteiger partial charge in [0.2, 0.25) is 6.10 Å². The second kappa shape index (κ2) is 8.58. The Kier molecular flexibility index (Phi) is 5.32. The fourth-order valence-corrected chi connectivity index (χ4v) is 3.57. The first-order chi connectivity index (χ1) is 15.7. The van der Waals surface area contributed by atoms with Gasteiger partial charge in [-0.1, -0.05) is 12.1 Å². The van der Waals surface area contributed by atoms with Gasteiger partial charge in [-0.25, -0.2) is 14.6 Å². The van der Waals surface area contributed by atoms with Crippen LogP contribution in [0.2, 0.25) is 0 Å². The molecule has 0 radical (unpaired) electrons. The van der Waals surface area contributed by atoms with E-state index in [1.807, 2.05) is 37.3 Å². The molecule has 1 aromatic carbocycles. The van der Waals surface area contributed by atoms with E-state index in [0.717, 1.165) is 11.1 Å². The van der Waals surface area contributed by atoms with E-state index in [-0.39, 0.29) is 5.91 Å². The Morgan fingerprint density at radius 2 is 1.97 bits per heavy atom. The summed E-state index contributed by atoms with van der Waals surface area (Å²) in [6, 6.07) is 11.0. The number of nitrogens with zero attached hydrogens (tertiary/aromatic N) is 4. The van der Waals surface area contributed by atoms with Crippen LogP contribution >= 0.6 is 0 Å². The van der Waals surface area contributed by atoms with E-state index >= 15 is 0 Å². The number of hydrogen-bond donors (Lipinski definition) is 2. The van der Waals surface area contributed by atoms with Crippen molar-refractivity contribution in [3.63, 3.8) is 0 Å². The van der Waals surface area contributed by atoms with E-state index in [1.165, 1.54) is 6.33 Å². The van der Waals surface area contributed by atoms with Gasteiger partial charge in [0, 0.05) is 6.54 Å². The van der Waals surface area contributed by atoms with Crippen LogP contribution in [0.5, 0.6) is 11.5 Å². The number of anilines is 1. The number of ether oxygens (including phenoxy) is 2. The molecule has 0 saturated carbocycles. The molecule has 32 heavy (non-hydrogen) atoms. The number of aromatic nitrogens is 4. The first kappa shape index (κ1) is 19.9. The molecule has 2 unspecified atom stereocenters. The number of amides is 1. The molecular weight excluding hydrogens is 412 g/mol. The smallest absolute Gasteiger partial charge is 0.265 e. The van der Waals surface area contributed by atoms with Crippen molar-refractivity contribution in [1.29, 1.82) is 0 Å². The predicted octanol–water partition coefficient (Wildman–Crippen LogP) is 2.38. The van der Waals surface area contributed by atoms with Gasteiger partial charge in [0.05, 0.1) is 30.9 Å². The molecule has 0 fully saturated rings. The highest BCUT2D eigenvalue weighted by molar-refractivity contribution is 5.86. The van der Waals surface area contributed by atoms with Gasteiger partial charge >= 0.3 is 0 Å². The molecule has 0 aliphatic carbocycles. The van der Waals surface area contributed by atoms with Crippen molar-refractivity contribution in [3.05, 3.63) is 60.9 Å². The van der Waals surface area contributed by atoms with Crippen molar-refractivity contribution in [1.82, 2.24) is 25.1 Å². The lowest BCUT2D eigenvalue weighted by atomic mass is 10.1. The molecule has 0 spiro atoms. The number of carbonyl (C=O) groups excluding carboxylic acids is 1. The van der Waals surface area contributed by atoms with Crippen LogP contribution in [0.15, 0.2) is 59.6 Å². The number of para-hydroxylation sites is 2. The average Bonchev–Trinajstić information content (AvgIpc) is 3.47. The molecular formula is C22H22N6O4. The fourth-order valence-electron chi connectivity index (χ4n) is 3.57. The third-order valence-corrected chi connectivity index (χ3v) is 5.17. The highest BCUT2D eigenvalue weighted by atomic mass is 16.6. The molecule has 10 heteroatoms. The molecule has 10 nitrogen and oxygen atoms in total. The number of rotatable bonds is 7. The molecule has 1 amide bonds. The van der Waals surface area contributed by atoms with E-state index in [2.05, 4.69) is 25.7 Å². The summed E-state index contributed by atoms with van der Waals surface area (Å²) in [4.78, 5) is 21.3. The number of furan rings is 1. The summed E-state index contributed by atoms with van der Waals surface area (Å²) in [6.45, 7) is 3.13. The number of hydrogen-bond acceptors (Lipinski definition) is 8. The van der Waals surface area contributed by atoms with Gasteiger partial charge < -0.3 is 24.5 Å². The Balaban J connectivity index is 1.20. The Hall–Kier alpha value is -4.08. The van der Waals surface area contributed by atoms with Gasteiger partial charge in [0.25, 0.3) is 5.91 Å². The van der Waals surface area contributed by atoms with Crippen LogP contribution in [0.25, 0.3) is 11.0 Å². The van der Waals surface area contributed by atoms with Crippen molar-refractivity contribution in [3.8, 4) is 11.5 Å². The largest absolute Gasteiger partial charge is 0.482 e. The third kappa shape index (κ3) is 3.94. The standard InChI is InChI=1S/C22H22N6O4/c1-14-19(32-18-7-3-2-6-17(18)31-14)22(29)23-8-9-28-21-16(12-27-28)20(25-13-26-21)24-11-15-5-4-10-30-15/h2-7,10,12-14,19H,8-9,11H2,1H3,(H,23,29)(H,24,25,26). The zero-order valence-corrected chi connectivity index (χ0v) is 17.4. The van der Waals surface area contributed by atoms with E-state index in [1.54, 1.807) is 23.2 Å². The Labute approximate surface area is 183 Å². The summed E-state index contributed by atoms with van der Waals surface area (Å²) in [5.74, 6) is 2.44. The van der Waals surface area contributed by atoms with Gasteiger partial charge in [-0.15, -0.1) is 0 Å². The molecule has 2 N–H and O–H groups in total. The average molecular weight is 434 g/mol. The summed E-state index contributed by atoms with van der Waals surface area (Å²) >= 11 is 0. The second-order valence-electron chi connectivity index (χ2n) is 7.36. The molecule has 0 bridgehead atoms. The molecule has 4 aromatic rings. The van der Waals surface area contributed by atoms with Crippen LogP contribution < -0.4 is 20.1 Å². The molecule has 0 saturated heterocycles. The van der Waals surface area contributed by atoms with Crippen molar-refractivity contribution in [2.75, 3.05) is 11.9 Å². The van der Waals surface area contributed by atoms with E-state index in [9.17, 15) is 4.79 Å². The molecule has 5 rings (SSSR count). The maximum Gasteiger partial charge on any atom is 0.265 e. The Morgan fingerprint density at radius 1 is 1.12 bits per heavy atom. The monoisotopic (exact) mass is 434 g/mol. The number of fused-ring (bicyclic) bond motifs is 2. The zero-order valence-electron chi connectivity index (χ0n) is 17.4. The molecule has 3 aromatic heterocycles. The zero-order chi connectivity index (χ0) is 21.9. The maximum atomic E-state index is 12.7. The van der Waals surface area contributed by atoms with Gasteiger partial charge in [-0.05, 0) is 31.2 Å². The third-order valence-electron chi connectivity index (χ3n) is 5.17. The first-order valence-electron chi connectivity index (χ1n) is 10.3. The minimum Gasteiger partial charge on any atom is -0.482 e. The van der Waals surface area contributed by atoms with Crippen molar-refractivity contribution >= 4 is 22.8 Å². The predicted molar refractivity (Wildman–Crippen MR) is 115 cm³/mol.